The van der Waals surface area contributed by atoms with E-state index in [9.17, 15) is 4.79 Å². The lowest BCUT2D eigenvalue weighted by Crippen LogP contribution is -2.44. The lowest BCUT2D eigenvalue weighted by Gasteiger charge is -2.17. The molecule has 1 aliphatic carbocycles. The van der Waals surface area contributed by atoms with E-state index in [-0.39, 0.29) is 30.6 Å². The van der Waals surface area contributed by atoms with Crippen LogP contribution in [0.1, 0.15) is 32.6 Å². The van der Waals surface area contributed by atoms with Crippen molar-refractivity contribution in [3.8, 4) is 0 Å². The number of hydrogen-bond acceptors (Lipinski definition) is 2. The average Bonchev–Trinajstić information content (AvgIpc) is 2.76. The predicted molar refractivity (Wildman–Crippen MR) is 73.3 cm³/mol. The Hall–Kier alpha value is -1.29. The Morgan fingerprint density at radius 1 is 1.61 bits per heavy atom. The van der Waals surface area contributed by atoms with Gasteiger partial charge in [0, 0.05) is 24.6 Å². The summed E-state index contributed by atoms with van der Waals surface area (Å²) in [6.07, 6.45) is 9.57. The number of aliphatic hydroxyl groups is 1. The van der Waals surface area contributed by atoms with E-state index in [4.69, 9.17) is 5.11 Å². The summed E-state index contributed by atoms with van der Waals surface area (Å²) in [6, 6.07) is 0.0841. The van der Waals surface area contributed by atoms with E-state index < -0.39 is 0 Å². The van der Waals surface area contributed by atoms with Crippen molar-refractivity contribution in [2.75, 3.05) is 6.61 Å². The summed E-state index contributed by atoms with van der Waals surface area (Å²) in [6.45, 7) is 5.83. The Kier molecular flexibility index (Phi) is 6.50. The van der Waals surface area contributed by atoms with Crippen molar-refractivity contribution in [2.45, 2.75) is 44.7 Å². The number of hydrogen-bond donors (Lipinski definition) is 3. The van der Waals surface area contributed by atoms with Gasteiger partial charge in [0.15, 0.2) is 0 Å². The first kappa shape index (κ1) is 14.8. The summed E-state index contributed by atoms with van der Waals surface area (Å²) in [5, 5.41) is 14.8. The molecule has 0 saturated heterocycles. The molecule has 0 bridgehead atoms. The highest BCUT2D eigenvalue weighted by molar-refractivity contribution is 5.74. The third kappa shape index (κ3) is 5.36. The lowest BCUT2D eigenvalue weighted by molar-refractivity contribution is 0.228. The first-order chi connectivity index (χ1) is 8.65. The van der Waals surface area contributed by atoms with Gasteiger partial charge in [-0.2, -0.15) is 0 Å². The number of carbonyl (C=O) groups excluding carboxylic acids is 1. The van der Waals surface area contributed by atoms with E-state index in [0.717, 1.165) is 25.7 Å². The molecule has 0 aromatic carbocycles. The molecule has 2 amide bonds. The molecule has 0 aromatic rings. The summed E-state index contributed by atoms with van der Waals surface area (Å²) < 4.78 is 0. The highest BCUT2D eigenvalue weighted by Gasteiger charge is 2.19. The van der Waals surface area contributed by atoms with Crippen LogP contribution >= 0.6 is 0 Å². The van der Waals surface area contributed by atoms with Crippen LogP contribution in [0.4, 0.5) is 4.79 Å². The normalized spacial score (nSPS) is 23.7. The smallest absolute Gasteiger partial charge is 0.315 e. The number of carbonyl (C=O) groups is 1. The third-order valence-corrected chi connectivity index (χ3v) is 3.15. The molecule has 4 heteroatoms. The molecule has 1 aliphatic rings. The standard InChI is InChI=1S/C14H24N2O2/c1-3-4-5-6-11(2)15-14(18)16-13-8-7-12(9-13)10-17/h3,7-8,11-13,17H,1,4-6,9-10H2,2H3,(H2,15,16,18)/t11?,12-,13+/m0/s1. The Balaban J connectivity index is 2.17. The van der Waals surface area contributed by atoms with Gasteiger partial charge in [-0.3, -0.25) is 0 Å². The number of aliphatic hydroxyl groups excluding tert-OH is 1. The summed E-state index contributed by atoms with van der Waals surface area (Å²) in [7, 11) is 0. The molecule has 0 spiro atoms. The van der Waals surface area contributed by atoms with Gasteiger partial charge in [-0.25, -0.2) is 4.79 Å². The second kappa shape index (κ2) is 7.93. The number of rotatable bonds is 7. The van der Waals surface area contributed by atoms with Gasteiger partial charge in [-0.15, -0.1) is 6.58 Å². The van der Waals surface area contributed by atoms with Crippen LogP contribution in [0.5, 0.6) is 0 Å². The highest BCUT2D eigenvalue weighted by Crippen LogP contribution is 2.16. The van der Waals surface area contributed by atoms with E-state index in [1.165, 1.54) is 0 Å². The van der Waals surface area contributed by atoms with Gasteiger partial charge in [0.1, 0.15) is 0 Å². The van der Waals surface area contributed by atoms with Crippen molar-refractivity contribution in [3.63, 3.8) is 0 Å². The molecule has 0 radical (unpaired) electrons. The fourth-order valence-corrected chi connectivity index (χ4v) is 2.09. The van der Waals surface area contributed by atoms with Crippen molar-refractivity contribution in [3.05, 3.63) is 24.8 Å². The quantitative estimate of drug-likeness (QED) is 0.479. The zero-order valence-electron chi connectivity index (χ0n) is 11.1. The van der Waals surface area contributed by atoms with E-state index in [0.29, 0.717) is 0 Å². The van der Waals surface area contributed by atoms with Gasteiger partial charge in [0.25, 0.3) is 0 Å². The molecule has 0 aliphatic heterocycles. The average molecular weight is 252 g/mol. The van der Waals surface area contributed by atoms with Crippen molar-refractivity contribution in [1.82, 2.24) is 10.6 Å². The van der Waals surface area contributed by atoms with Gasteiger partial charge in [0.2, 0.25) is 0 Å². The van der Waals surface area contributed by atoms with Crippen molar-refractivity contribution in [2.24, 2.45) is 5.92 Å². The molecule has 4 nitrogen and oxygen atoms in total. The van der Waals surface area contributed by atoms with Gasteiger partial charge >= 0.3 is 6.03 Å². The molecule has 0 heterocycles. The monoisotopic (exact) mass is 252 g/mol. The maximum Gasteiger partial charge on any atom is 0.315 e. The number of urea groups is 1. The predicted octanol–water partition coefficient (Wildman–Crippen LogP) is 1.97. The first-order valence-electron chi connectivity index (χ1n) is 6.62. The van der Waals surface area contributed by atoms with Crippen LogP contribution < -0.4 is 10.6 Å². The zero-order valence-corrected chi connectivity index (χ0v) is 11.1. The maximum absolute atomic E-state index is 11.7. The Morgan fingerprint density at radius 2 is 2.39 bits per heavy atom. The SMILES string of the molecule is C=CCCCC(C)NC(=O)N[C@@H]1C=C[C@H](CO)C1. The second-order valence-electron chi connectivity index (χ2n) is 4.91. The van der Waals surface area contributed by atoms with Crippen molar-refractivity contribution < 1.29 is 9.90 Å². The van der Waals surface area contributed by atoms with Gasteiger partial charge < -0.3 is 15.7 Å². The second-order valence-corrected chi connectivity index (χ2v) is 4.91. The topological polar surface area (TPSA) is 61.4 Å². The number of amides is 2. The largest absolute Gasteiger partial charge is 0.396 e. The van der Waals surface area contributed by atoms with Crippen molar-refractivity contribution in [1.29, 1.82) is 0 Å². The van der Waals surface area contributed by atoms with Crippen LogP contribution in [-0.2, 0) is 0 Å². The van der Waals surface area contributed by atoms with E-state index in [1.54, 1.807) is 0 Å². The fourth-order valence-electron chi connectivity index (χ4n) is 2.09. The number of unbranched alkanes of at least 4 members (excludes halogenated alkanes) is 1. The first-order valence-corrected chi connectivity index (χ1v) is 6.62. The lowest BCUT2D eigenvalue weighted by atomic mass is 10.1. The van der Waals surface area contributed by atoms with Gasteiger partial charge in [-0.1, -0.05) is 18.2 Å². The summed E-state index contributed by atoms with van der Waals surface area (Å²) in [5.41, 5.74) is 0. The van der Waals surface area contributed by atoms with E-state index in [1.807, 2.05) is 25.2 Å². The Bertz CT molecular complexity index is 302. The summed E-state index contributed by atoms with van der Waals surface area (Å²) in [4.78, 5) is 11.7. The molecular weight excluding hydrogens is 228 g/mol. The Labute approximate surface area is 109 Å². The van der Waals surface area contributed by atoms with Crippen LogP contribution in [0.3, 0.4) is 0 Å². The minimum absolute atomic E-state index is 0.0440. The molecule has 0 fully saturated rings. The summed E-state index contributed by atoms with van der Waals surface area (Å²) in [5.74, 6) is 0.181. The summed E-state index contributed by atoms with van der Waals surface area (Å²) >= 11 is 0. The number of allylic oxidation sites excluding steroid dienone is 1. The fraction of sp³-hybridized carbons (Fsp3) is 0.643. The highest BCUT2D eigenvalue weighted by atomic mass is 16.3. The van der Waals surface area contributed by atoms with Gasteiger partial charge in [0.05, 0.1) is 0 Å². The van der Waals surface area contributed by atoms with Gasteiger partial charge in [-0.05, 0) is 32.6 Å². The molecule has 18 heavy (non-hydrogen) atoms. The van der Waals surface area contributed by atoms with E-state index in [2.05, 4.69) is 17.2 Å². The molecule has 3 N–H and O–H groups in total. The van der Waals surface area contributed by atoms with Crippen LogP contribution in [0, 0.1) is 5.92 Å². The molecule has 1 rings (SSSR count). The maximum atomic E-state index is 11.7. The third-order valence-electron chi connectivity index (χ3n) is 3.15. The number of nitrogens with one attached hydrogen (secondary N) is 2. The van der Waals surface area contributed by atoms with Crippen LogP contribution in [-0.4, -0.2) is 29.8 Å². The van der Waals surface area contributed by atoms with Crippen molar-refractivity contribution >= 4 is 6.03 Å². The molecule has 0 saturated carbocycles. The molecule has 1 unspecified atom stereocenters. The van der Waals surface area contributed by atoms with Crippen LogP contribution in [0.2, 0.25) is 0 Å². The molecular formula is C14H24N2O2. The minimum Gasteiger partial charge on any atom is -0.396 e. The molecule has 102 valence electrons. The minimum atomic E-state index is -0.130. The zero-order chi connectivity index (χ0) is 13.4. The van der Waals surface area contributed by atoms with E-state index >= 15 is 0 Å². The van der Waals surface area contributed by atoms with Crippen LogP contribution in [0.25, 0.3) is 0 Å². The van der Waals surface area contributed by atoms with Crippen LogP contribution in [0.15, 0.2) is 24.8 Å². The molecule has 0 aromatic heterocycles. The molecule has 3 atom stereocenters. The Morgan fingerprint density at radius 3 is 3.00 bits per heavy atom.